The Balaban J connectivity index is 6.82. The second-order valence-corrected chi connectivity index (χ2v) is 5.02. The largest absolute Gasteiger partial charge is 0.460 e. The highest BCUT2D eigenvalue weighted by molar-refractivity contribution is 5.15. The standard InChI is InChI=1S/C9F20/c10-1(11,2(12,13)4(16,17)6(20,21)8(24,25)26)3(14,15)5(18,19)7(22,23)9(27,28)29. The molecular formula is C9F20. The normalized spacial score (nSPS) is 17.0. The van der Waals surface area contributed by atoms with E-state index >= 15 is 0 Å². The van der Waals surface area contributed by atoms with Crippen LogP contribution in [-0.4, -0.2) is 53.8 Å². The Hall–Kier alpha value is -1.40. The van der Waals surface area contributed by atoms with Crippen molar-refractivity contribution in [3.63, 3.8) is 0 Å². The zero-order valence-corrected chi connectivity index (χ0v) is 12.1. The SMILES string of the molecule is FC(F)(F)C(F)(F)C(F)(F)C(F)(F)C(F)(F)C(F)(F)C(F)(F)C(F)(F)C(F)(F)F. The molecule has 0 aromatic heterocycles. The van der Waals surface area contributed by atoms with Crippen LogP contribution in [0.1, 0.15) is 0 Å². The molecule has 0 aliphatic carbocycles. The number of rotatable bonds is 6. The van der Waals surface area contributed by atoms with Gasteiger partial charge >= 0.3 is 53.8 Å². The Morgan fingerprint density at radius 1 is 0.172 bits per heavy atom. The molecule has 0 spiro atoms. The van der Waals surface area contributed by atoms with Crippen LogP contribution in [0.25, 0.3) is 0 Å². The molecule has 0 saturated carbocycles. The first kappa shape index (κ1) is 27.6. The molecule has 0 rings (SSSR count). The zero-order chi connectivity index (χ0) is 24.5. The molecule has 0 unspecified atom stereocenters. The highest BCUT2D eigenvalue weighted by Gasteiger charge is 2.97. The average Bonchev–Trinajstić information content (AvgIpc) is 2.43. The van der Waals surface area contributed by atoms with E-state index in [4.69, 9.17) is 0 Å². The lowest BCUT2D eigenvalue weighted by molar-refractivity contribution is -0.474. The number of hydrogen-bond acceptors (Lipinski definition) is 0. The number of halogens is 20. The van der Waals surface area contributed by atoms with Crippen LogP contribution in [0.2, 0.25) is 0 Å². The fourth-order valence-corrected chi connectivity index (χ4v) is 1.34. The summed E-state index contributed by atoms with van der Waals surface area (Å²) in [6, 6.07) is 0. The highest BCUT2D eigenvalue weighted by Crippen LogP contribution is 2.65. The quantitative estimate of drug-likeness (QED) is 0.372. The molecule has 0 aromatic rings. The van der Waals surface area contributed by atoms with E-state index in [2.05, 4.69) is 0 Å². The molecule has 176 valence electrons. The van der Waals surface area contributed by atoms with Crippen LogP contribution < -0.4 is 0 Å². The van der Waals surface area contributed by atoms with Crippen molar-refractivity contribution < 1.29 is 87.8 Å². The lowest BCUT2D eigenvalue weighted by Gasteiger charge is -2.42. The van der Waals surface area contributed by atoms with Crippen molar-refractivity contribution in [2.75, 3.05) is 0 Å². The average molecular weight is 488 g/mol. The van der Waals surface area contributed by atoms with Gasteiger partial charge in [0.25, 0.3) is 0 Å². The third kappa shape index (κ3) is 3.23. The molecule has 0 nitrogen and oxygen atoms in total. The Bertz CT molecular complexity index is 548. The molecule has 0 fully saturated rings. The van der Waals surface area contributed by atoms with E-state index in [-0.39, 0.29) is 0 Å². The van der Waals surface area contributed by atoms with Crippen LogP contribution in [0.4, 0.5) is 87.8 Å². The summed E-state index contributed by atoms with van der Waals surface area (Å²) in [5.41, 5.74) is 0. The zero-order valence-electron chi connectivity index (χ0n) is 12.1. The van der Waals surface area contributed by atoms with E-state index in [0.29, 0.717) is 0 Å². The Morgan fingerprint density at radius 3 is 0.379 bits per heavy atom. The Labute approximate surface area is 143 Å². The summed E-state index contributed by atoms with van der Waals surface area (Å²) in [6.07, 6.45) is -15.9. The minimum absolute atomic E-state index is 7.93. The smallest absolute Gasteiger partial charge is 0.192 e. The molecule has 0 aliphatic rings. The van der Waals surface area contributed by atoms with Crippen molar-refractivity contribution in [3.05, 3.63) is 0 Å². The second kappa shape index (κ2) is 6.30. The van der Waals surface area contributed by atoms with Crippen molar-refractivity contribution in [2.45, 2.75) is 53.8 Å². The van der Waals surface area contributed by atoms with Crippen molar-refractivity contribution in [3.8, 4) is 0 Å². The minimum Gasteiger partial charge on any atom is -0.192 e. The van der Waals surface area contributed by atoms with Gasteiger partial charge in [0.05, 0.1) is 0 Å². The van der Waals surface area contributed by atoms with E-state index in [9.17, 15) is 87.8 Å². The molecule has 29 heavy (non-hydrogen) atoms. The van der Waals surface area contributed by atoms with Crippen LogP contribution >= 0.6 is 0 Å². The third-order valence-corrected chi connectivity index (χ3v) is 3.08. The first-order valence-electron chi connectivity index (χ1n) is 5.78. The maximum atomic E-state index is 12.9. The molecule has 0 aromatic carbocycles. The van der Waals surface area contributed by atoms with E-state index < -0.39 is 53.8 Å². The van der Waals surface area contributed by atoms with Crippen LogP contribution in [0.5, 0.6) is 0 Å². The summed E-state index contributed by atoms with van der Waals surface area (Å²) in [5.74, 6) is -61.1. The maximum absolute atomic E-state index is 12.9. The number of hydrogen-bond donors (Lipinski definition) is 0. The van der Waals surface area contributed by atoms with Crippen LogP contribution in [0.3, 0.4) is 0 Å². The molecule has 0 amide bonds. The van der Waals surface area contributed by atoms with Crippen molar-refractivity contribution in [2.24, 2.45) is 0 Å². The van der Waals surface area contributed by atoms with Gasteiger partial charge < -0.3 is 0 Å². The van der Waals surface area contributed by atoms with Gasteiger partial charge in [-0.1, -0.05) is 0 Å². The maximum Gasteiger partial charge on any atom is 0.460 e. The van der Waals surface area contributed by atoms with Gasteiger partial charge in [-0.15, -0.1) is 0 Å². The van der Waals surface area contributed by atoms with Gasteiger partial charge in [-0.2, -0.15) is 87.8 Å². The lowest BCUT2D eigenvalue weighted by Crippen LogP contribution is -2.75. The van der Waals surface area contributed by atoms with Crippen LogP contribution in [-0.2, 0) is 0 Å². The summed E-state index contributed by atoms with van der Waals surface area (Å²) < 4.78 is 248. The molecule has 20 heteroatoms. The first-order valence-corrected chi connectivity index (χ1v) is 5.78. The van der Waals surface area contributed by atoms with Gasteiger partial charge in [0, 0.05) is 0 Å². The molecule has 0 heterocycles. The van der Waals surface area contributed by atoms with Gasteiger partial charge in [-0.25, -0.2) is 0 Å². The van der Waals surface area contributed by atoms with Gasteiger partial charge in [0.2, 0.25) is 0 Å². The third-order valence-electron chi connectivity index (χ3n) is 3.08. The second-order valence-electron chi connectivity index (χ2n) is 5.02. The molecule has 0 atom stereocenters. The van der Waals surface area contributed by atoms with Crippen molar-refractivity contribution in [1.82, 2.24) is 0 Å². The van der Waals surface area contributed by atoms with Gasteiger partial charge in [0.15, 0.2) is 0 Å². The van der Waals surface area contributed by atoms with E-state index in [0.717, 1.165) is 0 Å². The van der Waals surface area contributed by atoms with E-state index in [1.54, 1.807) is 0 Å². The van der Waals surface area contributed by atoms with Crippen LogP contribution in [0, 0.1) is 0 Å². The summed E-state index contributed by atoms with van der Waals surface area (Å²) in [4.78, 5) is 0. The highest BCUT2D eigenvalue weighted by atomic mass is 19.4. The summed E-state index contributed by atoms with van der Waals surface area (Å²) >= 11 is 0. The predicted molar refractivity (Wildman–Crippen MR) is 46.7 cm³/mol. The molecular weight excluding hydrogens is 488 g/mol. The first-order chi connectivity index (χ1) is 12.0. The summed E-state index contributed by atoms with van der Waals surface area (Å²) in [5, 5.41) is 0. The number of alkyl halides is 20. The monoisotopic (exact) mass is 488 g/mol. The fourth-order valence-electron chi connectivity index (χ4n) is 1.34. The fraction of sp³-hybridized carbons (Fsp3) is 1.00. The Kier molecular flexibility index (Phi) is 6.00. The topological polar surface area (TPSA) is 0 Å². The van der Waals surface area contributed by atoms with E-state index in [1.165, 1.54) is 0 Å². The van der Waals surface area contributed by atoms with Crippen molar-refractivity contribution in [1.29, 1.82) is 0 Å². The summed E-state index contributed by atoms with van der Waals surface area (Å²) in [6.45, 7) is 0. The summed E-state index contributed by atoms with van der Waals surface area (Å²) in [7, 11) is 0. The predicted octanol–water partition coefficient (Wildman–Crippen LogP) is 6.56. The van der Waals surface area contributed by atoms with Crippen molar-refractivity contribution >= 4 is 0 Å². The molecule has 0 aliphatic heterocycles. The Morgan fingerprint density at radius 2 is 0.276 bits per heavy atom. The molecule has 0 saturated heterocycles. The van der Waals surface area contributed by atoms with Crippen LogP contribution in [0.15, 0.2) is 0 Å². The lowest BCUT2D eigenvalue weighted by atomic mass is 9.89. The van der Waals surface area contributed by atoms with E-state index in [1.807, 2.05) is 0 Å². The molecule has 0 N–H and O–H groups in total. The molecule has 0 bridgehead atoms. The minimum atomic E-state index is -9.02. The van der Waals surface area contributed by atoms with Gasteiger partial charge in [-0.05, 0) is 0 Å². The van der Waals surface area contributed by atoms with Gasteiger partial charge in [-0.3, -0.25) is 0 Å². The molecule has 0 radical (unpaired) electrons. The van der Waals surface area contributed by atoms with Gasteiger partial charge in [0.1, 0.15) is 0 Å².